The number of rotatable bonds is 0. The quantitative estimate of drug-likeness (QED) is 0.441. The minimum atomic E-state index is -1.58. The van der Waals surface area contributed by atoms with Gasteiger partial charge in [-0.1, -0.05) is 0 Å². The van der Waals surface area contributed by atoms with Crippen LogP contribution in [0, 0.1) is 0 Å². The average molecular weight is 140 g/mol. The molecule has 0 aliphatic rings. The van der Waals surface area contributed by atoms with E-state index >= 15 is 0 Å². The maximum atomic E-state index is 9.67. The van der Waals surface area contributed by atoms with Gasteiger partial charge in [-0.05, 0) is 0 Å². The van der Waals surface area contributed by atoms with Gasteiger partial charge in [0, 0.05) is 0 Å². The van der Waals surface area contributed by atoms with E-state index in [0.29, 0.717) is 0 Å². The second-order valence-electron chi connectivity index (χ2n) is 0.684. The van der Waals surface area contributed by atoms with Gasteiger partial charge in [-0.2, -0.15) is 0 Å². The molecule has 5 heteroatoms. The van der Waals surface area contributed by atoms with E-state index in [9.17, 15) is 9.59 Å². The van der Waals surface area contributed by atoms with Crippen molar-refractivity contribution < 1.29 is 36.1 Å². The molecule has 0 radical (unpaired) electrons. The number of hydrogen-bond acceptors (Lipinski definition) is 3. The Morgan fingerprint density at radius 1 is 1.57 bits per heavy atom. The zero-order valence-corrected chi connectivity index (χ0v) is 4.52. The molecule has 0 atom stereocenters. The van der Waals surface area contributed by atoms with Crippen molar-refractivity contribution in [1.82, 2.24) is 0 Å². The number of carbonyl (C=O) groups excluding carboxylic acids is 1. The molecule has 7 heavy (non-hydrogen) atoms. The van der Waals surface area contributed by atoms with E-state index < -0.39 is 11.9 Å². The first-order valence-electron chi connectivity index (χ1n) is 1.27. The molecule has 0 unspecified atom stereocenters. The SMILES string of the molecule is O=C(O)C(=O)[O][V]. The summed E-state index contributed by atoms with van der Waals surface area (Å²) in [6.07, 6.45) is 0. The third-order valence-electron chi connectivity index (χ3n) is 0.258. The second-order valence-corrected chi connectivity index (χ2v) is 0.969. The van der Waals surface area contributed by atoms with Crippen LogP contribution >= 0.6 is 0 Å². The Labute approximate surface area is 48.8 Å². The third kappa shape index (κ3) is 2.25. The van der Waals surface area contributed by atoms with Crippen molar-refractivity contribution in [2.75, 3.05) is 0 Å². The number of carboxylic acid groups (broad SMARTS) is 1. The Morgan fingerprint density at radius 2 is 2.00 bits per heavy atom. The van der Waals surface area contributed by atoms with E-state index in [-0.39, 0.29) is 0 Å². The average Bonchev–Trinajstić information content (AvgIpc) is 1.65. The molecule has 1 N–H and O–H groups in total. The molecule has 0 aromatic heterocycles. The summed E-state index contributed by atoms with van der Waals surface area (Å²) in [5.74, 6) is -2.85. The van der Waals surface area contributed by atoms with Crippen molar-refractivity contribution in [3.8, 4) is 0 Å². The van der Waals surface area contributed by atoms with Crippen LogP contribution in [0.1, 0.15) is 0 Å². The minimum absolute atomic E-state index is 1.26. The second kappa shape index (κ2) is 2.66. The molecule has 4 nitrogen and oxygen atoms in total. The summed E-state index contributed by atoms with van der Waals surface area (Å²) in [5.41, 5.74) is 0. The fourth-order valence-electron chi connectivity index (χ4n) is 0.0390. The maximum absolute atomic E-state index is 9.67. The van der Waals surface area contributed by atoms with E-state index in [0.717, 1.165) is 0 Å². The molecular formula is C2HO4V. The van der Waals surface area contributed by atoms with Gasteiger partial charge in [-0.25, -0.2) is 0 Å². The van der Waals surface area contributed by atoms with Crippen LogP contribution in [0.2, 0.25) is 0 Å². The summed E-state index contributed by atoms with van der Waals surface area (Å²) in [6, 6.07) is 0. The van der Waals surface area contributed by atoms with Crippen LogP contribution in [0.5, 0.6) is 0 Å². The number of aliphatic carboxylic acids is 1. The molecule has 0 heterocycles. The molecule has 0 amide bonds. The Bertz CT molecular complexity index is 97.9. The summed E-state index contributed by atoms with van der Waals surface area (Å²) in [7, 11) is 0. The van der Waals surface area contributed by atoms with Gasteiger partial charge in [0.1, 0.15) is 0 Å². The van der Waals surface area contributed by atoms with Crippen LogP contribution < -0.4 is 0 Å². The normalized spacial score (nSPS) is 7.43. The number of hydrogen-bond donors (Lipinski definition) is 1. The zero-order valence-electron chi connectivity index (χ0n) is 3.12. The van der Waals surface area contributed by atoms with Gasteiger partial charge in [0.2, 0.25) is 0 Å². The first-order valence-corrected chi connectivity index (χ1v) is 1.84. The van der Waals surface area contributed by atoms with E-state index in [2.05, 4.69) is 3.66 Å². The topological polar surface area (TPSA) is 63.6 Å². The molecule has 0 aromatic rings. The Balaban J connectivity index is 3.58. The van der Waals surface area contributed by atoms with Crippen LogP contribution in [0.25, 0.3) is 0 Å². The van der Waals surface area contributed by atoms with Gasteiger partial charge in [0.25, 0.3) is 0 Å². The summed E-state index contributed by atoms with van der Waals surface area (Å²) >= 11 is 1.40. The molecular weight excluding hydrogens is 139 g/mol. The molecule has 0 saturated carbocycles. The van der Waals surface area contributed by atoms with Crippen molar-refractivity contribution in [1.29, 1.82) is 0 Å². The van der Waals surface area contributed by atoms with Crippen LogP contribution in [-0.2, 0) is 31.0 Å². The Morgan fingerprint density at radius 3 is 2.00 bits per heavy atom. The van der Waals surface area contributed by atoms with Crippen LogP contribution in [0.4, 0.5) is 0 Å². The summed E-state index contributed by atoms with van der Waals surface area (Å²) < 4.78 is 3.71. The predicted molar refractivity (Wildman–Crippen MR) is 13.7 cm³/mol. The standard InChI is InChI=1S/C2H2O4.V/c3-1(4)2(5)6;/h(H,3,4)(H,5,6);/q;+1/p-1. The van der Waals surface area contributed by atoms with E-state index in [4.69, 9.17) is 5.11 Å². The fourth-order valence-corrected chi connectivity index (χ4v) is 0.161. The molecule has 0 spiro atoms. The van der Waals surface area contributed by atoms with Gasteiger partial charge in [0.15, 0.2) is 0 Å². The van der Waals surface area contributed by atoms with Crippen LogP contribution in [0.3, 0.4) is 0 Å². The van der Waals surface area contributed by atoms with Gasteiger partial charge in [-0.3, -0.25) is 0 Å². The van der Waals surface area contributed by atoms with Crippen molar-refractivity contribution in [2.45, 2.75) is 0 Å². The molecule has 38 valence electrons. The summed E-state index contributed by atoms with van der Waals surface area (Å²) in [5, 5.41) is 7.70. The third-order valence-corrected chi connectivity index (χ3v) is 0.516. The summed E-state index contributed by atoms with van der Waals surface area (Å²) in [6.45, 7) is 0. The van der Waals surface area contributed by atoms with Crippen molar-refractivity contribution in [2.24, 2.45) is 0 Å². The molecule has 0 bridgehead atoms. The Kier molecular flexibility index (Phi) is 2.48. The van der Waals surface area contributed by atoms with Crippen LogP contribution in [-0.4, -0.2) is 17.0 Å². The molecule has 0 aromatic carbocycles. The summed E-state index contributed by atoms with van der Waals surface area (Å²) in [4.78, 5) is 19.1. The predicted octanol–water partition coefficient (Wildman–Crippen LogP) is -0.924. The first kappa shape index (κ1) is 6.52. The van der Waals surface area contributed by atoms with Crippen molar-refractivity contribution in [3.63, 3.8) is 0 Å². The molecule has 0 aliphatic carbocycles. The van der Waals surface area contributed by atoms with Gasteiger partial charge < -0.3 is 0 Å². The van der Waals surface area contributed by atoms with Crippen molar-refractivity contribution >= 4 is 11.9 Å². The first-order chi connectivity index (χ1) is 3.18. The van der Waals surface area contributed by atoms with Gasteiger partial charge in [0.05, 0.1) is 0 Å². The number of carboxylic acids is 1. The molecule has 0 saturated heterocycles. The van der Waals surface area contributed by atoms with Crippen molar-refractivity contribution in [3.05, 3.63) is 0 Å². The molecule has 0 rings (SSSR count). The van der Waals surface area contributed by atoms with E-state index in [1.165, 1.54) is 17.8 Å². The van der Waals surface area contributed by atoms with Gasteiger partial charge in [-0.15, -0.1) is 0 Å². The number of carbonyl (C=O) groups is 2. The monoisotopic (exact) mass is 140 g/mol. The van der Waals surface area contributed by atoms with Crippen LogP contribution in [0.15, 0.2) is 0 Å². The zero-order chi connectivity index (χ0) is 5.86. The molecule has 0 aliphatic heterocycles. The van der Waals surface area contributed by atoms with E-state index in [1.807, 2.05) is 0 Å². The van der Waals surface area contributed by atoms with E-state index in [1.54, 1.807) is 0 Å². The van der Waals surface area contributed by atoms with Gasteiger partial charge >= 0.3 is 48.1 Å². The molecule has 0 fully saturated rings. The Hall–Kier alpha value is -0.476. The fraction of sp³-hybridized carbons (Fsp3) is 0.